The van der Waals surface area contributed by atoms with Gasteiger partial charge in [0.15, 0.2) is 0 Å². The van der Waals surface area contributed by atoms with Crippen molar-refractivity contribution in [1.29, 1.82) is 0 Å². The summed E-state index contributed by atoms with van der Waals surface area (Å²) in [6, 6.07) is 0.364. The minimum atomic E-state index is 0.364. The molecule has 1 aliphatic carbocycles. The lowest BCUT2D eigenvalue weighted by Crippen LogP contribution is -2.30. The molecule has 1 fully saturated rings. The zero-order valence-electron chi connectivity index (χ0n) is 7.78. The van der Waals surface area contributed by atoms with Crippen molar-refractivity contribution in [1.82, 2.24) is 4.98 Å². The van der Waals surface area contributed by atoms with E-state index in [0.29, 0.717) is 6.04 Å². The third kappa shape index (κ3) is 2.29. The molecule has 2 N–H and O–H groups in total. The molecule has 1 aromatic heterocycles. The van der Waals surface area contributed by atoms with Crippen molar-refractivity contribution < 1.29 is 0 Å². The zero-order chi connectivity index (χ0) is 9.10. The van der Waals surface area contributed by atoms with E-state index >= 15 is 0 Å². The second-order valence-corrected chi connectivity index (χ2v) is 4.85. The first kappa shape index (κ1) is 9.16. The van der Waals surface area contributed by atoms with Crippen LogP contribution in [0.5, 0.6) is 0 Å². The number of hydrogen-bond acceptors (Lipinski definition) is 3. The predicted octanol–water partition coefficient (Wildman–Crippen LogP) is 2.20. The van der Waals surface area contributed by atoms with Crippen LogP contribution in [0.1, 0.15) is 30.6 Å². The van der Waals surface area contributed by atoms with Gasteiger partial charge in [0.1, 0.15) is 0 Å². The van der Waals surface area contributed by atoms with Gasteiger partial charge in [0.25, 0.3) is 0 Å². The highest BCUT2D eigenvalue weighted by Crippen LogP contribution is 2.28. The van der Waals surface area contributed by atoms with Gasteiger partial charge in [-0.25, -0.2) is 0 Å². The van der Waals surface area contributed by atoms with Gasteiger partial charge in [0.05, 0.1) is 5.51 Å². The number of aromatic nitrogens is 1. The number of rotatable bonds is 3. The summed E-state index contributed by atoms with van der Waals surface area (Å²) in [4.78, 5) is 5.40. The van der Waals surface area contributed by atoms with Crippen LogP contribution in [-0.4, -0.2) is 11.0 Å². The standard InChI is InChI=1S/C10H16N2S/c11-10(8-3-1-2-4-8)5-9-6-12-7-13-9/h6-8,10H,1-5,11H2. The average Bonchev–Trinajstić information content (AvgIpc) is 2.74. The van der Waals surface area contributed by atoms with Crippen molar-refractivity contribution in [2.75, 3.05) is 0 Å². The monoisotopic (exact) mass is 196 g/mol. The van der Waals surface area contributed by atoms with Crippen LogP contribution >= 0.6 is 11.3 Å². The van der Waals surface area contributed by atoms with Crippen LogP contribution in [0.15, 0.2) is 11.7 Å². The van der Waals surface area contributed by atoms with E-state index in [1.165, 1.54) is 30.6 Å². The summed E-state index contributed by atoms with van der Waals surface area (Å²) in [5.41, 5.74) is 8.03. The van der Waals surface area contributed by atoms with Gasteiger partial charge < -0.3 is 5.73 Å². The summed E-state index contributed by atoms with van der Waals surface area (Å²) in [7, 11) is 0. The van der Waals surface area contributed by atoms with Crippen molar-refractivity contribution in [3.05, 3.63) is 16.6 Å². The maximum Gasteiger partial charge on any atom is 0.0794 e. The molecule has 2 rings (SSSR count). The third-order valence-corrected chi connectivity index (χ3v) is 3.73. The average molecular weight is 196 g/mol. The summed E-state index contributed by atoms with van der Waals surface area (Å²) >= 11 is 1.72. The fourth-order valence-electron chi connectivity index (χ4n) is 2.13. The molecular weight excluding hydrogens is 180 g/mol. The van der Waals surface area contributed by atoms with E-state index in [1.807, 2.05) is 11.7 Å². The molecule has 1 heterocycles. The van der Waals surface area contributed by atoms with E-state index in [1.54, 1.807) is 11.3 Å². The molecule has 0 radical (unpaired) electrons. The van der Waals surface area contributed by atoms with Crippen LogP contribution in [-0.2, 0) is 6.42 Å². The number of nitrogens with zero attached hydrogens (tertiary/aromatic N) is 1. The van der Waals surface area contributed by atoms with E-state index in [2.05, 4.69) is 4.98 Å². The fourth-order valence-corrected chi connectivity index (χ4v) is 2.79. The molecule has 0 aliphatic heterocycles. The van der Waals surface area contributed by atoms with Crippen LogP contribution in [0, 0.1) is 5.92 Å². The second-order valence-electron chi connectivity index (χ2n) is 3.88. The minimum absolute atomic E-state index is 0.364. The van der Waals surface area contributed by atoms with Gasteiger partial charge in [-0.1, -0.05) is 12.8 Å². The van der Waals surface area contributed by atoms with Crippen molar-refractivity contribution in [3.63, 3.8) is 0 Å². The highest BCUT2D eigenvalue weighted by Gasteiger charge is 2.22. The lowest BCUT2D eigenvalue weighted by atomic mass is 9.96. The Labute approximate surface area is 83.2 Å². The maximum absolute atomic E-state index is 6.15. The molecule has 1 aliphatic rings. The quantitative estimate of drug-likeness (QED) is 0.805. The first-order valence-electron chi connectivity index (χ1n) is 4.99. The molecule has 72 valence electrons. The highest BCUT2D eigenvalue weighted by molar-refractivity contribution is 7.09. The van der Waals surface area contributed by atoms with Crippen LogP contribution < -0.4 is 5.73 Å². The summed E-state index contributed by atoms with van der Waals surface area (Å²) < 4.78 is 0. The smallest absolute Gasteiger partial charge is 0.0794 e. The van der Waals surface area contributed by atoms with Gasteiger partial charge in [-0.3, -0.25) is 4.98 Å². The first-order valence-corrected chi connectivity index (χ1v) is 5.87. The first-order chi connectivity index (χ1) is 6.36. The van der Waals surface area contributed by atoms with Gasteiger partial charge in [-0.05, 0) is 25.2 Å². The Balaban J connectivity index is 1.87. The maximum atomic E-state index is 6.15. The van der Waals surface area contributed by atoms with Gasteiger partial charge in [-0.15, -0.1) is 11.3 Å². The Kier molecular flexibility index (Phi) is 2.96. The minimum Gasteiger partial charge on any atom is -0.327 e. The number of hydrogen-bond donors (Lipinski definition) is 1. The molecule has 0 saturated heterocycles. The van der Waals surface area contributed by atoms with E-state index in [9.17, 15) is 0 Å². The molecule has 13 heavy (non-hydrogen) atoms. The molecule has 1 aromatic rings. The van der Waals surface area contributed by atoms with Crippen LogP contribution in [0.4, 0.5) is 0 Å². The molecular formula is C10H16N2S. The molecule has 0 bridgehead atoms. The summed E-state index contributed by atoms with van der Waals surface area (Å²) in [6.07, 6.45) is 8.39. The van der Waals surface area contributed by atoms with Crippen molar-refractivity contribution >= 4 is 11.3 Å². The number of thiazole rings is 1. The molecule has 3 heteroatoms. The van der Waals surface area contributed by atoms with Gasteiger partial charge in [0.2, 0.25) is 0 Å². The fraction of sp³-hybridized carbons (Fsp3) is 0.700. The molecule has 1 saturated carbocycles. The number of nitrogens with two attached hydrogens (primary N) is 1. The Morgan fingerprint density at radius 3 is 2.92 bits per heavy atom. The summed E-state index contributed by atoms with van der Waals surface area (Å²) in [6.45, 7) is 0. The highest BCUT2D eigenvalue weighted by atomic mass is 32.1. The zero-order valence-corrected chi connectivity index (χ0v) is 8.59. The summed E-state index contributed by atoms with van der Waals surface area (Å²) in [5, 5.41) is 0. The van der Waals surface area contributed by atoms with Crippen LogP contribution in [0.3, 0.4) is 0 Å². The normalized spacial score (nSPS) is 20.7. The van der Waals surface area contributed by atoms with Crippen LogP contribution in [0.2, 0.25) is 0 Å². The Bertz CT molecular complexity index is 239. The molecule has 1 atom stereocenters. The van der Waals surface area contributed by atoms with Gasteiger partial charge >= 0.3 is 0 Å². The summed E-state index contributed by atoms with van der Waals surface area (Å²) in [5.74, 6) is 0.766. The lowest BCUT2D eigenvalue weighted by Gasteiger charge is -2.17. The second kappa shape index (κ2) is 4.20. The largest absolute Gasteiger partial charge is 0.327 e. The molecule has 0 aromatic carbocycles. The molecule has 1 unspecified atom stereocenters. The third-order valence-electron chi connectivity index (χ3n) is 2.93. The predicted molar refractivity (Wildman–Crippen MR) is 55.8 cm³/mol. The lowest BCUT2D eigenvalue weighted by molar-refractivity contribution is 0.431. The van der Waals surface area contributed by atoms with Crippen molar-refractivity contribution in [3.8, 4) is 0 Å². The Hall–Kier alpha value is -0.410. The van der Waals surface area contributed by atoms with Gasteiger partial charge in [0, 0.05) is 17.1 Å². The SMILES string of the molecule is NC(Cc1cncs1)C1CCCC1. The van der Waals surface area contributed by atoms with Crippen LogP contribution in [0.25, 0.3) is 0 Å². The van der Waals surface area contributed by atoms with Gasteiger partial charge in [-0.2, -0.15) is 0 Å². The Morgan fingerprint density at radius 1 is 1.54 bits per heavy atom. The molecule has 0 amide bonds. The van der Waals surface area contributed by atoms with Crippen molar-refractivity contribution in [2.45, 2.75) is 38.1 Å². The van der Waals surface area contributed by atoms with E-state index in [0.717, 1.165) is 12.3 Å². The molecule has 2 nitrogen and oxygen atoms in total. The topological polar surface area (TPSA) is 38.9 Å². The van der Waals surface area contributed by atoms with E-state index in [4.69, 9.17) is 5.73 Å². The van der Waals surface area contributed by atoms with Crippen molar-refractivity contribution in [2.24, 2.45) is 11.7 Å². The molecule has 0 spiro atoms. The Morgan fingerprint density at radius 2 is 2.31 bits per heavy atom. The van der Waals surface area contributed by atoms with E-state index < -0.39 is 0 Å². The van der Waals surface area contributed by atoms with E-state index in [-0.39, 0.29) is 0 Å².